The fraction of sp³-hybridized carbons (Fsp3) is 1.00. The summed E-state index contributed by atoms with van der Waals surface area (Å²) in [6.45, 7) is 11.4. The highest BCUT2D eigenvalue weighted by Crippen LogP contribution is 2.16. The van der Waals surface area contributed by atoms with Crippen molar-refractivity contribution in [1.82, 2.24) is 10.2 Å². The van der Waals surface area contributed by atoms with E-state index >= 15 is 0 Å². The monoisotopic (exact) mass is 226 g/mol. The van der Waals surface area contributed by atoms with Gasteiger partial charge in [0.05, 0.1) is 6.61 Å². The van der Waals surface area contributed by atoms with Gasteiger partial charge in [-0.2, -0.15) is 0 Å². The van der Waals surface area contributed by atoms with Gasteiger partial charge in [0.25, 0.3) is 0 Å². The van der Waals surface area contributed by atoms with Crippen LogP contribution in [-0.2, 0) is 4.74 Å². The molecule has 0 aliphatic carbocycles. The number of ether oxygens (including phenoxy) is 1. The van der Waals surface area contributed by atoms with Crippen molar-refractivity contribution in [2.24, 2.45) is 11.8 Å². The van der Waals surface area contributed by atoms with Crippen molar-refractivity contribution < 1.29 is 4.74 Å². The molecule has 2 atom stereocenters. The first-order valence-corrected chi connectivity index (χ1v) is 6.77. The lowest BCUT2D eigenvalue weighted by Gasteiger charge is -2.35. The Hall–Kier alpha value is -0.120. The van der Waals surface area contributed by atoms with E-state index in [2.05, 4.69) is 24.1 Å². The minimum absolute atomic E-state index is 0.705. The van der Waals surface area contributed by atoms with E-state index in [0.717, 1.165) is 31.6 Å². The van der Waals surface area contributed by atoms with Crippen LogP contribution in [0.1, 0.15) is 26.7 Å². The number of rotatable bonds is 4. The first-order valence-electron chi connectivity index (χ1n) is 6.77. The minimum Gasteiger partial charge on any atom is -0.381 e. The number of nitrogens with zero attached hydrogens (tertiary/aromatic N) is 1. The van der Waals surface area contributed by atoms with Crippen molar-refractivity contribution in [3.05, 3.63) is 0 Å². The van der Waals surface area contributed by atoms with Gasteiger partial charge in [-0.3, -0.25) is 0 Å². The van der Waals surface area contributed by atoms with Gasteiger partial charge in [0.1, 0.15) is 0 Å². The first kappa shape index (κ1) is 12.3. The quantitative estimate of drug-likeness (QED) is 0.783. The molecule has 1 N–H and O–H groups in total. The lowest BCUT2D eigenvalue weighted by Crippen LogP contribution is -2.52. The van der Waals surface area contributed by atoms with Crippen LogP contribution in [0.15, 0.2) is 0 Å². The summed E-state index contributed by atoms with van der Waals surface area (Å²) < 4.78 is 5.45. The van der Waals surface area contributed by atoms with Crippen LogP contribution < -0.4 is 5.32 Å². The van der Waals surface area contributed by atoms with Crippen LogP contribution >= 0.6 is 0 Å². The molecule has 0 spiro atoms. The Morgan fingerprint density at radius 2 is 2.31 bits per heavy atom. The van der Waals surface area contributed by atoms with Crippen LogP contribution in [0.25, 0.3) is 0 Å². The van der Waals surface area contributed by atoms with Gasteiger partial charge >= 0.3 is 0 Å². The number of hydrogen-bond acceptors (Lipinski definition) is 3. The van der Waals surface area contributed by atoms with Gasteiger partial charge in [0, 0.05) is 38.8 Å². The van der Waals surface area contributed by atoms with Crippen molar-refractivity contribution in [3.63, 3.8) is 0 Å². The average molecular weight is 226 g/mol. The Morgan fingerprint density at radius 1 is 1.44 bits per heavy atom. The summed E-state index contributed by atoms with van der Waals surface area (Å²) in [7, 11) is 0. The molecule has 0 aromatic heterocycles. The van der Waals surface area contributed by atoms with Gasteiger partial charge in [0.15, 0.2) is 0 Å². The summed E-state index contributed by atoms with van der Waals surface area (Å²) in [6.07, 6.45) is 2.57. The molecule has 3 nitrogen and oxygen atoms in total. The molecule has 2 unspecified atom stereocenters. The van der Waals surface area contributed by atoms with E-state index in [1.807, 2.05) is 0 Å². The van der Waals surface area contributed by atoms with E-state index in [-0.39, 0.29) is 0 Å². The summed E-state index contributed by atoms with van der Waals surface area (Å²) in [5, 5.41) is 3.63. The molecule has 0 aromatic rings. The normalized spacial score (nSPS) is 32.4. The van der Waals surface area contributed by atoms with Gasteiger partial charge in [-0.25, -0.2) is 0 Å². The highest BCUT2D eigenvalue weighted by molar-refractivity contribution is 4.81. The summed E-state index contributed by atoms with van der Waals surface area (Å²) in [6, 6.07) is 0.705. The van der Waals surface area contributed by atoms with Gasteiger partial charge in [-0.05, 0) is 24.7 Å². The van der Waals surface area contributed by atoms with Crippen molar-refractivity contribution in [2.45, 2.75) is 32.7 Å². The predicted molar refractivity (Wildman–Crippen MR) is 66.6 cm³/mol. The van der Waals surface area contributed by atoms with E-state index in [9.17, 15) is 0 Å². The number of nitrogens with one attached hydrogen (secondary N) is 1. The van der Waals surface area contributed by atoms with E-state index in [1.54, 1.807) is 0 Å². The molecule has 0 saturated carbocycles. The van der Waals surface area contributed by atoms with Crippen molar-refractivity contribution in [1.29, 1.82) is 0 Å². The SMILES string of the molecule is CC(C)CC1CN(CC2CCOC2)CCN1. The summed E-state index contributed by atoms with van der Waals surface area (Å²) >= 11 is 0. The third-order valence-corrected chi connectivity index (χ3v) is 3.64. The molecule has 0 radical (unpaired) electrons. The largest absolute Gasteiger partial charge is 0.381 e. The first-order chi connectivity index (χ1) is 7.74. The zero-order valence-electron chi connectivity index (χ0n) is 10.7. The third-order valence-electron chi connectivity index (χ3n) is 3.64. The second kappa shape index (κ2) is 5.99. The van der Waals surface area contributed by atoms with Crippen molar-refractivity contribution >= 4 is 0 Å². The van der Waals surface area contributed by atoms with Crippen molar-refractivity contribution in [2.75, 3.05) is 39.4 Å². The maximum Gasteiger partial charge on any atom is 0.0507 e. The molecule has 2 aliphatic rings. The predicted octanol–water partition coefficient (Wildman–Crippen LogP) is 1.34. The molecule has 0 amide bonds. The minimum atomic E-state index is 0.705. The molecule has 2 heterocycles. The molecule has 2 fully saturated rings. The molecule has 2 rings (SSSR count). The molecule has 16 heavy (non-hydrogen) atoms. The van der Waals surface area contributed by atoms with Gasteiger partial charge < -0.3 is 15.0 Å². The highest BCUT2D eigenvalue weighted by atomic mass is 16.5. The van der Waals surface area contributed by atoms with Gasteiger partial charge in [-0.15, -0.1) is 0 Å². The standard InChI is InChI=1S/C13H26N2O/c1-11(2)7-13-9-15(5-4-14-13)8-12-3-6-16-10-12/h11-14H,3-10H2,1-2H3. The van der Waals surface area contributed by atoms with Crippen LogP contribution in [0, 0.1) is 11.8 Å². The third kappa shape index (κ3) is 3.72. The van der Waals surface area contributed by atoms with Gasteiger partial charge in [-0.1, -0.05) is 13.8 Å². The highest BCUT2D eigenvalue weighted by Gasteiger charge is 2.24. The maximum absolute atomic E-state index is 5.45. The molecular weight excluding hydrogens is 200 g/mol. The van der Waals surface area contributed by atoms with E-state index in [0.29, 0.717) is 6.04 Å². The molecule has 0 bridgehead atoms. The van der Waals surface area contributed by atoms with E-state index < -0.39 is 0 Å². The fourth-order valence-corrected chi connectivity index (χ4v) is 2.88. The Kier molecular flexibility index (Phi) is 4.62. The topological polar surface area (TPSA) is 24.5 Å². The van der Waals surface area contributed by atoms with Gasteiger partial charge in [0.2, 0.25) is 0 Å². The van der Waals surface area contributed by atoms with Crippen LogP contribution in [0.4, 0.5) is 0 Å². The Labute approximate surface area is 99.5 Å². The molecule has 2 saturated heterocycles. The maximum atomic E-state index is 5.45. The fourth-order valence-electron chi connectivity index (χ4n) is 2.88. The van der Waals surface area contributed by atoms with Crippen molar-refractivity contribution in [3.8, 4) is 0 Å². The Bertz CT molecular complexity index is 202. The summed E-state index contributed by atoms with van der Waals surface area (Å²) in [4.78, 5) is 2.63. The molecule has 0 aromatic carbocycles. The van der Waals surface area contributed by atoms with Crippen LogP contribution in [-0.4, -0.2) is 50.3 Å². The zero-order valence-corrected chi connectivity index (χ0v) is 10.7. The molecule has 2 aliphatic heterocycles. The number of hydrogen-bond donors (Lipinski definition) is 1. The van der Waals surface area contributed by atoms with E-state index in [1.165, 1.54) is 32.5 Å². The van der Waals surface area contributed by atoms with Crippen LogP contribution in [0.2, 0.25) is 0 Å². The van der Waals surface area contributed by atoms with Crippen LogP contribution in [0.5, 0.6) is 0 Å². The van der Waals surface area contributed by atoms with E-state index in [4.69, 9.17) is 4.74 Å². The lowest BCUT2D eigenvalue weighted by atomic mass is 10.0. The van der Waals surface area contributed by atoms with Crippen LogP contribution in [0.3, 0.4) is 0 Å². The average Bonchev–Trinajstić information content (AvgIpc) is 2.70. The lowest BCUT2D eigenvalue weighted by molar-refractivity contribution is 0.142. The summed E-state index contributed by atoms with van der Waals surface area (Å²) in [5.41, 5.74) is 0. The molecular formula is C13H26N2O. The summed E-state index contributed by atoms with van der Waals surface area (Å²) in [5.74, 6) is 1.59. The second-order valence-corrected chi connectivity index (χ2v) is 5.77. The molecule has 94 valence electrons. The number of piperazine rings is 1. The molecule has 3 heteroatoms. The second-order valence-electron chi connectivity index (χ2n) is 5.77. The Morgan fingerprint density at radius 3 is 3.00 bits per heavy atom. The smallest absolute Gasteiger partial charge is 0.0507 e. The Balaban J connectivity index is 1.72. The zero-order chi connectivity index (χ0) is 11.4.